The van der Waals surface area contributed by atoms with Crippen LogP contribution in [-0.4, -0.2) is 24.1 Å². The molecule has 0 fully saturated rings. The van der Waals surface area contributed by atoms with Crippen LogP contribution < -0.4 is 14.4 Å². The number of benzene rings is 4. The summed E-state index contributed by atoms with van der Waals surface area (Å²) >= 11 is 0. The minimum Gasteiger partial charge on any atom is -0.493 e. The van der Waals surface area contributed by atoms with Gasteiger partial charge in [0.05, 0.1) is 30.1 Å². The molecule has 0 spiro atoms. The molecule has 0 unspecified atom stereocenters. The number of carbonyl (C=O) groups is 1. The van der Waals surface area contributed by atoms with Crippen molar-refractivity contribution < 1.29 is 23.9 Å². The number of carbonyl (C=O) groups excluding carboxylic acids is 1. The fraction of sp³-hybridized carbons (Fsp3) is 0.219. The Labute approximate surface area is 233 Å². The summed E-state index contributed by atoms with van der Waals surface area (Å²) in [5.74, 6) is 1.58. The van der Waals surface area contributed by atoms with Gasteiger partial charge in [0.2, 0.25) is 0 Å². The molecule has 0 N–H and O–H groups in total. The Morgan fingerprint density at radius 3 is 2.20 bits per heavy atom. The van der Waals surface area contributed by atoms with Crippen LogP contribution in [0.2, 0.25) is 0 Å². The first-order valence-electron chi connectivity index (χ1n) is 13.1. The fourth-order valence-corrected chi connectivity index (χ4v) is 4.31. The number of hydrogen-bond donors (Lipinski definition) is 0. The molecule has 4 rings (SSSR count). The molecule has 40 heavy (non-hydrogen) atoms. The van der Waals surface area contributed by atoms with E-state index in [4.69, 9.17) is 14.2 Å². The number of nitro groups is 1. The maximum Gasteiger partial charge on any atom is 0.309 e. The molecule has 206 valence electrons. The lowest BCUT2D eigenvalue weighted by Crippen LogP contribution is -2.23. The second-order valence-corrected chi connectivity index (χ2v) is 9.14. The van der Waals surface area contributed by atoms with Crippen LogP contribution in [0.3, 0.4) is 0 Å². The first kappa shape index (κ1) is 28.2. The van der Waals surface area contributed by atoms with Gasteiger partial charge in [0.25, 0.3) is 5.69 Å². The summed E-state index contributed by atoms with van der Waals surface area (Å²) in [5, 5.41) is 11.6. The van der Waals surface area contributed by atoms with Crippen molar-refractivity contribution in [1.82, 2.24) is 0 Å². The summed E-state index contributed by atoms with van der Waals surface area (Å²) in [4.78, 5) is 24.9. The zero-order chi connectivity index (χ0) is 28.3. The molecule has 0 heterocycles. The normalized spacial score (nSPS) is 10.6. The molecule has 0 aliphatic heterocycles. The van der Waals surface area contributed by atoms with Crippen LogP contribution in [0.5, 0.6) is 17.2 Å². The standard InChI is InChI=1S/C32H32N2O6/c1-3-38-32(35)19-20-39-28-11-7-12-29(21-28)40-27-17-15-26(16-18-27)23-33(22-25-9-5-4-6-10-25)30-13-8-14-31(24(30)2)34(36)37/h4-18,21H,3,19-20,22-23H2,1-2H3. The lowest BCUT2D eigenvalue weighted by molar-refractivity contribution is -0.385. The van der Waals surface area contributed by atoms with E-state index in [1.165, 1.54) is 6.07 Å². The Morgan fingerprint density at radius 2 is 1.50 bits per heavy atom. The van der Waals surface area contributed by atoms with E-state index in [1.807, 2.05) is 72.8 Å². The highest BCUT2D eigenvalue weighted by Crippen LogP contribution is 2.31. The predicted octanol–water partition coefficient (Wildman–Crippen LogP) is 7.23. The van der Waals surface area contributed by atoms with Gasteiger partial charge in [0.1, 0.15) is 17.2 Å². The van der Waals surface area contributed by atoms with Crippen molar-refractivity contribution in [2.75, 3.05) is 18.1 Å². The van der Waals surface area contributed by atoms with E-state index in [0.29, 0.717) is 42.5 Å². The van der Waals surface area contributed by atoms with E-state index in [-0.39, 0.29) is 29.6 Å². The van der Waals surface area contributed by atoms with Crippen LogP contribution in [0.1, 0.15) is 30.0 Å². The number of nitrogens with zero attached hydrogens (tertiary/aromatic N) is 2. The molecule has 0 aliphatic rings. The Bertz CT molecular complexity index is 1420. The number of nitro benzene ring substituents is 1. The van der Waals surface area contributed by atoms with E-state index < -0.39 is 0 Å². The first-order valence-corrected chi connectivity index (χ1v) is 13.1. The molecule has 4 aromatic carbocycles. The van der Waals surface area contributed by atoms with Crippen molar-refractivity contribution in [2.24, 2.45) is 0 Å². The van der Waals surface area contributed by atoms with Crippen LogP contribution in [-0.2, 0) is 22.6 Å². The van der Waals surface area contributed by atoms with Crippen molar-refractivity contribution in [2.45, 2.75) is 33.4 Å². The molecule has 0 saturated heterocycles. The molecule has 0 atom stereocenters. The number of anilines is 1. The largest absolute Gasteiger partial charge is 0.493 e. The van der Waals surface area contributed by atoms with Crippen molar-refractivity contribution in [1.29, 1.82) is 0 Å². The average molecular weight is 541 g/mol. The Balaban J connectivity index is 1.45. The van der Waals surface area contributed by atoms with Crippen LogP contribution in [0, 0.1) is 17.0 Å². The molecule has 0 saturated carbocycles. The summed E-state index contributed by atoms with van der Waals surface area (Å²) < 4.78 is 16.6. The summed E-state index contributed by atoms with van der Waals surface area (Å²) in [7, 11) is 0. The number of ether oxygens (including phenoxy) is 3. The van der Waals surface area contributed by atoms with Gasteiger partial charge in [0.15, 0.2) is 0 Å². The summed E-state index contributed by atoms with van der Waals surface area (Å²) in [5.41, 5.74) is 3.69. The Kier molecular flexibility index (Phi) is 9.72. The second-order valence-electron chi connectivity index (χ2n) is 9.14. The lowest BCUT2D eigenvalue weighted by atomic mass is 10.1. The lowest BCUT2D eigenvalue weighted by Gasteiger charge is -2.27. The molecular formula is C32H32N2O6. The zero-order valence-electron chi connectivity index (χ0n) is 22.6. The monoisotopic (exact) mass is 540 g/mol. The SMILES string of the molecule is CCOC(=O)CCOc1cccc(Oc2ccc(CN(Cc3ccccc3)c3cccc([N+](=O)[O-])c3C)cc2)c1. The van der Waals surface area contributed by atoms with Gasteiger partial charge in [-0.15, -0.1) is 0 Å². The van der Waals surface area contributed by atoms with Crippen LogP contribution in [0.4, 0.5) is 11.4 Å². The minimum absolute atomic E-state index is 0.103. The van der Waals surface area contributed by atoms with E-state index in [9.17, 15) is 14.9 Å². The summed E-state index contributed by atoms with van der Waals surface area (Å²) in [6, 6.07) is 30.2. The molecule has 4 aromatic rings. The third kappa shape index (κ3) is 7.83. The van der Waals surface area contributed by atoms with Gasteiger partial charge >= 0.3 is 5.97 Å². The number of rotatable bonds is 13. The second kappa shape index (κ2) is 13.8. The van der Waals surface area contributed by atoms with Crippen molar-refractivity contribution in [3.05, 3.63) is 124 Å². The number of esters is 1. The minimum atomic E-state index is -0.341. The van der Waals surface area contributed by atoms with Gasteiger partial charge in [-0.3, -0.25) is 14.9 Å². The third-order valence-electron chi connectivity index (χ3n) is 6.25. The third-order valence-corrected chi connectivity index (χ3v) is 6.25. The maximum atomic E-state index is 11.6. The van der Waals surface area contributed by atoms with Gasteiger partial charge < -0.3 is 19.1 Å². The van der Waals surface area contributed by atoms with E-state index in [0.717, 1.165) is 16.8 Å². The van der Waals surface area contributed by atoms with Gasteiger partial charge in [-0.2, -0.15) is 0 Å². The highest BCUT2D eigenvalue weighted by atomic mass is 16.6. The maximum absolute atomic E-state index is 11.6. The average Bonchev–Trinajstić information content (AvgIpc) is 2.95. The summed E-state index contributed by atoms with van der Waals surface area (Å²) in [6.45, 7) is 5.29. The van der Waals surface area contributed by atoms with E-state index >= 15 is 0 Å². The molecule has 8 nitrogen and oxygen atoms in total. The highest BCUT2D eigenvalue weighted by Gasteiger charge is 2.18. The van der Waals surface area contributed by atoms with Crippen LogP contribution in [0.15, 0.2) is 97.1 Å². The first-order chi connectivity index (χ1) is 19.4. The Hall–Kier alpha value is -4.85. The predicted molar refractivity (Wildman–Crippen MR) is 154 cm³/mol. The molecule has 0 radical (unpaired) electrons. The van der Waals surface area contributed by atoms with Crippen molar-refractivity contribution >= 4 is 17.3 Å². The van der Waals surface area contributed by atoms with Crippen molar-refractivity contribution in [3.63, 3.8) is 0 Å². The molecule has 8 heteroatoms. The van der Waals surface area contributed by atoms with Crippen molar-refractivity contribution in [3.8, 4) is 17.2 Å². The zero-order valence-corrected chi connectivity index (χ0v) is 22.6. The number of hydrogen-bond acceptors (Lipinski definition) is 7. The van der Waals surface area contributed by atoms with Gasteiger partial charge in [-0.05, 0) is 55.3 Å². The molecule has 0 aromatic heterocycles. The smallest absolute Gasteiger partial charge is 0.309 e. The Morgan fingerprint density at radius 1 is 0.825 bits per heavy atom. The van der Waals surface area contributed by atoms with Gasteiger partial charge in [-0.25, -0.2) is 0 Å². The summed E-state index contributed by atoms with van der Waals surface area (Å²) in [6.07, 6.45) is 0.178. The molecule has 0 amide bonds. The van der Waals surface area contributed by atoms with Gasteiger partial charge in [0, 0.05) is 30.9 Å². The van der Waals surface area contributed by atoms with Crippen LogP contribution in [0.25, 0.3) is 0 Å². The quantitative estimate of drug-likeness (QED) is 0.100. The fourth-order valence-electron chi connectivity index (χ4n) is 4.31. The highest BCUT2D eigenvalue weighted by molar-refractivity contribution is 5.69. The van der Waals surface area contributed by atoms with E-state index in [1.54, 1.807) is 32.0 Å². The molecule has 0 aliphatic carbocycles. The van der Waals surface area contributed by atoms with Gasteiger partial charge in [-0.1, -0.05) is 54.6 Å². The molecular weight excluding hydrogens is 508 g/mol. The topological polar surface area (TPSA) is 91.1 Å². The molecule has 0 bridgehead atoms. The van der Waals surface area contributed by atoms with E-state index in [2.05, 4.69) is 4.90 Å². The van der Waals surface area contributed by atoms with Crippen LogP contribution >= 0.6 is 0 Å².